The summed E-state index contributed by atoms with van der Waals surface area (Å²) in [6, 6.07) is 4.16. The first kappa shape index (κ1) is 13.0. The third-order valence-corrected chi connectivity index (χ3v) is 3.54. The second kappa shape index (κ2) is 5.93. The highest BCUT2D eigenvalue weighted by Crippen LogP contribution is 2.26. The molecule has 1 atom stereocenters. The molecule has 2 aromatic heterocycles. The number of rotatable bonds is 5. The van der Waals surface area contributed by atoms with Crippen LogP contribution in [0.5, 0.6) is 5.88 Å². The van der Waals surface area contributed by atoms with E-state index in [9.17, 15) is 0 Å². The number of methoxy groups -OCH3 is 1. The third-order valence-electron chi connectivity index (χ3n) is 2.66. The van der Waals surface area contributed by atoms with Crippen LogP contribution in [0.25, 0.3) is 0 Å². The normalized spacial score (nSPS) is 12.4. The third kappa shape index (κ3) is 2.86. The van der Waals surface area contributed by atoms with Gasteiger partial charge in [0.25, 0.3) is 0 Å². The molecule has 0 fully saturated rings. The minimum atomic E-state index is 0.0943. The van der Waals surface area contributed by atoms with Gasteiger partial charge in [0.1, 0.15) is 6.33 Å². The van der Waals surface area contributed by atoms with E-state index in [1.807, 2.05) is 6.07 Å². The van der Waals surface area contributed by atoms with E-state index in [1.165, 1.54) is 16.8 Å². The number of aromatic nitrogens is 2. The minimum Gasteiger partial charge on any atom is -0.481 e. The molecule has 0 saturated carbocycles. The molecule has 2 heterocycles. The Kier molecular flexibility index (Phi) is 4.28. The van der Waals surface area contributed by atoms with Crippen LogP contribution in [0.2, 0.25) is 0 Å². The minimum absolute atomic E-state index is 0.0943. The van der Waals surface area contributed by atoms with Crippen molar-refractivity contribution in [2.24, 2.45) is 0 Å². The number of hydrogen-bond acceptors (Lipinski definition) is 5. The van der Waals surface area contributed by atoms with Crippen LogP contribution in [-0.2, 0) is 0 Å². The fraction of sp³-hybridized carbons (Fsp3) is 0.385. The molecule has 2 aromatic rings. The van der Waals surface area contributed by atoms with Crippen molar-refractivity contribution in [3.05, 3.63) is 40.0 Å². The molecule has 0 aliphatic rings. The number of nitrogens with one attached hydrogen (secondary N) is 1. The van der Waals surface area contributed by atoms with Gasteiger partial charge >= 0.3 is 0 Å². The largest absolute Gasteiger partial charge is 0.481 e. The van der Waals surface area contributed by atoms with Crippen LogP contribution in [0.4, 0.5) is 0 Å². The Morgan fingerprint density at radius 2 is 2.22 bits per heavy atom. The summed E-state index contributed by atoms with van der Waals surface area (Å²) in [5.41, 5.74) is 2.17. The SMILES string of the molecule is CCNC(c1csc(C)c1)c1cc(OC)ncn1. The second-order valence-corrected chi connectivity index (χ2v) is 5.08. The Morgan fingerprint density at radius 3 is 2.83 bits per heavy atom. The summed E-state index contributed by atoms with van der Waals surface area (Å²) in [6.45, 7) is 5.08. The maximum atomic E-state index is 5.15. The average molecular weight is 263 g/mol. The Hall–Kier alpha value is -1.46. The van der Waals surface area contributed by atoms with Crippen LogP contribution in [0.1, 0.15) is 29.1 Å². The maximum Gasteiger partial charge on any atom is 0.216 e. The van der Waals surface area contributed by atoms with Gasteiger partial charge in [-0.1, -0.05) is 6.92 Å². The molecule has 5 heteroatoms. The Bertz CT molecular complexity index is 512. The lowest BCUT2D eigenvalue weighted by atomic mass is 10.1. The van der Waals surface area contributed by atoms with Gasteiger partial charge in [-0.25, -0.2) is 9.97 Å². The molecule has 0 saturated heterocycles. The van der Waals surface area contributed by atoms with E-state index in [4.69, 9.17) is 4.74 Å². The van der Waals surface area contributed by atoms with Crippen LogP contribution in [0.3, 0.4) is 0 Å². The van der Waals surface area contributed by atoms with E-state index in [-0.39, 0.29) is 6.04 Å². The topological polar surface area (TPSA) is 47.0 Å². The van der Waals surface area contributed by atoms with Crippen LogP contribution in [0, 0.1) is 6.92 Å². The van der Waals surface area contributed by atoms with Crippen molar-refractivity contribution in [2.45, 2.75) is 19.9 Å². The lowest BCUT2D eigenvalue weighted by molar-refractivity contribution is 0.395. The standard InChI is InChI=1S/C13H17N3OS/c1-4-14-13(10-5-9(2)18-7-10)11-6-12(17-3)16-8-15-11/h5-8,13-14H,4H2,1-3H3. The average Bonchev–Trinajstić information content (AvgIpc) is 2.82. The summed E-state index contributed by atoms with van der Waals surface area (Å²) < 4.78 is 5.15. The molecular formula is C13H17N3OS. The molecule has 2 rings (SSSR count). The van der Waals surface area contributed by atoms with Crippen LogP contribution < -0.4 is 10.1 Å². The lowest BCUT2D eigenvalue weighted by Crippen LogP contribution is -2.22. The molecule has 0 bridgehead atoms. The summed E-state index contributed by atoms with van der Waals surface area (Å²) >= 11 is 1.75. The molecule has 4 nitrogen and oxygen atoms in total. The summed E-state index contributed by atoms with van der Waals surface area (Å²) in [5.74, 6) is 0.592. The first-order valence-corrected chi connectivity index (χ1v) is 6.77. The first-order chi connectivity index (χ1) is 8.74. The second-order valence-electron chi connectivity index (χ2n) is 3.97. The van der Waals surface area contributed by atoms with E-state index in [0.29, 0.717) is 5.88 Å². The van der Waals surface area contributed by atoms with Gasteiger partial charge < -0.3 is 10.1 Å². The molecule has 0 radical (unpaired) electrons. The van der Waals surface area contributed by atoms with Crippen LogP contribution >= 0.6 is 11.3 Å². The highest BCUT2D eigenvalue weighted by molar-refractivity contribution is 7.10. The molecule has 1 N–H and O–H groups in total. The predicted molar refractivity (Wildman–Crippen MR) is 73.2 cm³/mol. The van der Waals surface area contributed by atoms with Gasteiger partial charge in [-0.05, 0) is 30.5 Å². The summed E-state index contributed by atoms with van der Waals surface area (Å²) in [5, 5.41) is 5.60. The fourth-order valence-electron chi connectivity index (χ4n) is 1.84. The molecule has 1 unspecified atom stereocenters. The number of aryl methyl sites for hydroxylation is 1. The zero-order valence-electron chi connectivity index (χ0n) is 10.8. The zero-order chi connectivity index (χ0) is 13.0. The van der Waals surface area contributed by atoms with Crippen molar-refractivity contribution in [3.8, 4) is 5.88 Å². The molecule has 0 amide bonds. The van der Waals surface area contributed by atoms with Crippen molar-refractivity contribution in [3.63, 3.8) is 0 Å². The number of hydrogen-bond donors (Lipinski definition) is 1. The quantitative estimate of drug-likeness (QED) is 0.900. The van der Waals surface area contributed by atoms with E-state index < -0.39 is 0 Å². The zero-order valence-corrected chi connectivity index (χ0v) is 11.6. The Morgan fingerprint density at radius 1 is 1.39 bits per heavy atom. The molecular weight excluding hydrogens is 246 g/mol. The highest BCUT2D eigenvalue weighted by atomic mass is 32.1. The lowest BCUT2D eigenvalue weighted by Gasteiger charge is -2.16. The van der Waals surface area contributed by atoms with Gasteiger partial charge in [-0.2, -0.15) is 0 Å². The van der Waals surface area contributed by atoms with Gasteiger partial charge in [0, 0.05) is 10.9 Å². The van der Waals surface area contributed by atoms with Gasteiger partial charge in [-0.15, -0.1) is 11.3 Å². The molecule has 0 spiro atoms. The van der Waals surface area contributed by atoms with Gasteiger partial charge in [0.05, 0.1) is 18.8 Å². The Labute approximate surface area is 111 Å². The molecule has 0 aliphatic heterocycles. The van der Waals surface area contributed by atoms with Crippen LogP contribution in [0.15, 0.2) is 23.8 Å². The van der Waals surface area contributed by atoms with E-state index >= 15 is 0 Å². The van der Waals surface area contributed by atoms with E-state index in [0.717, 1.165) is 12.2 Å². The van der Waals surface area contributed by atoms with Crippen molar-refractivity contribution in [1.29, 1.82) is 0 Å². The monoisotopic (exact) mass is 263 g/mol. The van der Waals surface area contributed by atoms with E-state index in [1.54, 1.807) is 18.4 Å². The first-order valence-electron chi connectivity index (χ1n) is 5.89. The van der Waals surface area contributed by atoms with Crippen LogP contribution in [-0.4, -0.2) is 23.6 Å². The molecule has 0 aliphatic carbocycles. The summed E-state index contributed by atoms with van der Waals surface area (Å²) in [6.07, 6.45) is 1.54. The number of nitrogens with zero attached hydrogens (tertiary/aromatic N) is 2. The van der Waals surface area contributed by atoms with E-state index in [2.05, 4.69) is 40.6 Å². The highest BCUT2D eigenvalue weighted by Gasteiger charge is 2.16. The van der Waals surface area contributed by atoms with Crippen molar-refractivity contribution in [2.75, 3.05) is 13.7 Å². The fourth-order valence-corrected chi connectivity index (χ4v) is 2.57. The molecule has 0 aromatic carbocycles. The maximum absolute atomic E-state index is 5.15. The summed E-state index contributed by atoms with van der Waals surface area (Å²) in [4.78, 5) is 9.68. The number of thiophene rings is 1. The smallest absolute Gasteiger partial charge is 0.216 e. The van der Waals surface area contributed by atoms with Crippen molar-refractivity contribution < 1.29 is 4.74 Å². The molecule has 96 valence electrons. The van der Waals surface area contributed by atoms with Gasteiger partial charge in [0.2, 0.25) is 5.88 Å². The summed E-state index contributed by atoms with van der Waals surface area (Å²) in [7, 11) is 1.61. The number of ether oxygens (including phenoxy) is 1. The van der Waals surface area contributed by atoms with Gasteiger partial charge in [0.15, 0.2) is 0 Å². The van der Waals surface area contributed by atoms with Crippen molar-refractivity contribution >= 4 is 11.3 Å². The molecule has 18 heavy (non-hydrogen) atoms. The Balaban J connectivity index is 2.34. The van der Waals surface area contributed by atoms with Gasteiger partial charge in [-0.3, -0.25) is 0 Å². The predicted octanol–water partition coefficient (Wildman–Crippen LogP) is 2.55. The van der Waals surface area contributed by atoms with Crippen molar-refractivity contribution in [1.82, 2.24) is 15.3 Å².